The number of hydrogen-bond acceptors (Lipinski definition) is 6. The number of nitro groups is 2. The van der Waals surface area contributed by atoms with Crippen LogP contribution < -0.4 is 0 Å². The van der Waals surface area contributed by atoms with Crippen LogP contribution in [0.3, 0.4) is 0 Å². The summed E-state index contributed by atoms with van der Waals surface area (Å²) in [5.74, 6) is 1.42. The van der Waals surface area contributed by atoms with Gasteiger partial charge in [0.1, 0.15) is 5.56 Å². The van der Waals surface area contributed by atoms with E-state index in [-0.39, 0.29) is 16.9 Å². The molecule has 0 atom stereocenters. The third-order valence-electron chi connectivity index (χ3n) is 3.71. The molecule has 0 spiro atoms. The van der Waals surface area contributed by atoms with Crippen LogP contribution in [0.4, 0.5) is 11.4 Å². The van der Waals surface area contributed by atoms with Crippen LogP contribution in [0.2, 0.25) is 10.0 Å². The predicted molar refractivity (Wildman–Crippen MR) is 117 cm³/mol. The monoisotopic (exact) mass is 460 g/mol. The molecule has 0 aliphatic carbocycles. The Hall–Kier alpha value is -1.48. The summed E-state index contributed by atoms with van der Waals surface area (Å²) >= 11 is 15.7. The highest BCUT2D eigenvalue weighted by Crippen LogP contribution is 2.51. The highest BCUT2D eigenvalue weighted by molar-refractivity contribution is 8.00. The molecule has 2 rings (SSSR count). The van der Waals surface area contributed by atoms with Gasteiger partial charge >= 0.3 is 0 Å². The Morgan fingerprint density at radius 2 is 1.29 bits per heavy atom. The van der Waals surface area contributed by atoms with Gasteiger partial charge in [-0.15, -0.1) is 23.5 Å². The van der Waals surface area contributed by atoms with Crippen molar-refractivity contribution in [2.45, 2.75) is 36.5 Å². The standard InChI is InChI=1S/C18H18Cl2N2O4S2/c1-3-8-27-17-11(19)10-12(20)18(28-9-4-2)16(17)15-13(21(23)24)6-5-7-14(15)22(25)26/h5-7,10H,3-4,8-9H2,1-2H3. The van der Waals surface area contributed by atoms with E-state index >= 15 is 0 Å². The predicted octanol–water partition coefficient (Wildman–Crippen LogP) is 7.48. The molecule has 0 amide bonds. The van der Waals surface area contributed by atoms with Gasteiger partial charge in [0.2, 0.25) is 0 Å². The highest BCUT2D eigenvalue weighted by atomic mass is 35.5. The van der Waals surface area contributed by atoms with E-state index in [1.807, 2.05) is 13.8 Å². The SMILES string of the molecule is CCCSc1c(Cl)cc(Cl)c(SCCC)c1-c1c([N+](=O)[O-])cccc1[N+](=O)[O-]. The first-order valence-electron chi connectivity index (χ1n) is 8.53. The molecule has 0 aliphatic rings. The molecule has 2 aromatic carbocycles. The molecule has 6 nitrogen and oxygen atoms in total. The zero-order valence-corrected chi connectivity index (χ0v) is 18.4. The van der Waals surface area contributed by atoms with E-state index < -0.39 is 9.85 Å². The third kappa shape index (κ3) is 4.92. The number of nitro benzene ring substituents is 2. The first kappa shape index (κ1) is 22.8. The quantitative estimate of drug-likeness (QED) is 0.219. The molecule has 0 saturated heterocycles. The van der Waals surface area contributed by atoms with Crippen LogP contribution in [-0.4, -0.2) is 21.4 Å². The van der Waals surface area contributed by atoms with E-state index in [4.69, 9.17) is 23.2 Å². The van der Waals surface area contributed by atoms with Gasteiger partial charge < -0.3 is 0 Å². The van der Waals surface area contributed by atoms with Crippen molar-refractivity contribution in [3.8, 4) is 11.1 Å². The lowest BCUT2D eigenvalue weighted by Crippen LogP contribution is -2.01. The fourth-order valence-electron chi connectivity index (χ4n) is 2.59. The largest absolute Gasteiger partial charge is 0.284 e. The van der Waals surface area contributed by atoms with Crippen LogP contribution in [0.15, 0.2) is 34.1 Å². The number of nitrogens with zero attached hydrogens (tertiary/aromatic N) is 2. The smallest absolute Gasteiger partial charge is 0.258 e. The molecule has 150 valence electrons. The number of benzene rings is 2. The van der Waals surface area contributed by atoms with Gasteiger partial charge in [0, 0.05) is 27.5 Å². The van der Waals surface area contributed by atoms with E-state index in [0.717, 1.165) is 12.8 Å². The normalized spacial score (nSPS) is 10.9. The van der Waals surface area contributed by atoms with Gasteiger partial charge in [0.15, 0.2) is 0 Å². The minimum Gasteiger partial charge on any atom is -0.258 e. The first-order chi connectivity index (χ1) is 13.3. The van der Waals surface area contributed by atoms with Gasteiger partial charge in [-0.3, -0.25) is 20.2 Å². The minimum atomic E-state index is -0.611. The third-order valence-corrected chi connectivity index (χ3v) is 7.18. The lowest BCUT2D eigenvalue weighted by molar-refractivity contribution is -0.392. The maximum atomic E-state index is 11.7. The van der Waals surface area contributed by atoms with Gasteiger partial charge in [-0.05, 0) is 36.5 Å². The lowest BCUT2D eigenvalue weighted by Gasteiger charge is -2.18. The number of thioether (sulfide) groups is 2. The van der Waals surface area contributed by atoms with Gasteiger partial charge in [-0.2, -0.15) is 0 Å². The summed E-state index contributed by atoms with van der Waals surface area (Å²) < 4.78 is 0. The lowest BCUT2D eigenvalue weighted by atomic mass is 10.0. The maximum Gasteiger partial charge on any atom is 0.284 e. The van der Waals surface area contributed by atoms with Crippen molar-refractivity contribution in [1.29, 1.82) is 0 Å². The molecular weight excluding hydrogens is 443 g/mol. The number of halogens is 2. The summed E-state index contributed by atoms with van der Waals surface area (Å²) in [4.78, 5) is 23.3. The van der Waals surface area contributed by atoms with E-state index in [1.165, 1.54) is 41.7 Å². The van der Waals surface area contributed by atoms with Crippen molar-refractivity contribution >= 4 is 58.1 Å². The summed E-state index contributed by atoms with van der Waals surface area (Å²) in [5.41, 5.74) is -0.374. The van der Waals surface area contributed by atoms with Crippen LogP contribution in [0.1, 0.15) is 26.7 Å². The van der Waals surface area contributed by atoms with Crippen molar-refractivity contribution in [3.63, 3.8) is 0 Å². The van der Waals surface area contributed by atoms with Crippen LogP contribution in [0.5, 0.6) is 0 Å². The van der Waals surface area contributed by atoms with Crippen molar-refractivity contribution in [3.05, 3.63) is 54.5 Å². The van der Waals surface area contributed by atoms with E-state index in [0.29, 0.717) is 36.9 Å². The van der Waals surface area contributed by atoms with Gasteiger partial charge in [-0.25, -0.2) is 0 Å². The van der Waals surface area contributed by atoms with Crippen LogP contribution >= 0.6 is 46.7 Å². The second kappa shape index (κ2) is 10.3. The van der Waals surface area contributed by atoms with E-state index in [9.17, 15) is 20.2 Å². The topological polar surface area (TPSA) is 86.3 Å². The molecule has 0 N–H and O–H groups in total. The van der Waals surface area contributed by atoms with Gasteiger partial charge in [-0.1, -0.05) is 37.0 Å². The Bertz CT molecular complexity index is 845. The molecule has 0 radical (unpaired) electrons. The molecule has 0 heterocycles. The van der Waals surface area contributed by atoms with Crippen LogP contribution in [-0.2, 0) is 0 Å². The minimum absolute atomic E-state index is 0.0564. The molecule has 2 aromatic rings. The summed E-state index contributed by atoms with van der Waals surface area (Å²) in [5, 5.41) is 24.0. The second-order valence-corrected chi connectivity index (χ2v) is 8.78. The zero-order valence-electron chi connectivity index (χ0n) is 15.2. The summed E-state index contributed by atoms with van der Waals surface area (Å²) in [7, 11) is 0. The van der Waals surface area contributed by atoms with Crippen LogP contribution in [0, 0.1) is 20.2 Å². The summed E-state index contributed by atoms with van der Waals surface area (Å²) in [6.45, 7) is 3.99. The molecule has 0 unspecified atom stereocenters. The van der Waals surface area contributed by atoms with Crippen molar-refractivity contribution in [2.24, 2.45) is 0 Å². The van der Waals surface area contributed by atoms with E-state index in [1.54, 1.807) is 6.07 Å². The van der Waals surface area contributed by atoms with Crippen molar-refractivity contribution in [1.82, 2.24) is 0 Å². The molecule has 28 heavy (non-hydrogen) atoms. The summed E-state index contributed by atoms with van der Waals surface area (Å²) in [6.07, 6.45) is 1.69. The molecule has 0 bridgehead atoms. The van der Waals surface area contributed by atoms with Gasteiger partial charge in [0.25, 0.3) is 11.4 Å². The van der Waals surface area contributed by atoms with Crippen molar-refractivity contribution in [2.75, 3.05) is 11.5 Å². The summed E-state index contributed by atoms with van der Waals surface area (Å²) in [6, 6.07) is 5.44. The fraction of sp³-hybridized carbons (Fsp3) is 0.333. The maximum absolute atomic E-state index is 11.7. The Labute approximate surface area is 181 Å². The zero-order chi connectivity index (χ0) is 20.8. The Morgan fingerprint density at radius 1 is 0.857 bits per heavy atom. The Kier molecular flexibility index (Phi) is 8.42. The van der Waals surface area contributed by atoms with Crippen LogP contribution in [0.25, 0.3) is 11.1 Å². The molecule has 0 aliphatic heterocycles. The molecule has 0 aromatic heterocycles. The number of rotatable bonds is 9. The van der Waals surface area contributed by atoms with E-state index in [2.05, 4.69) is 0 Å². The second-order valence-electron chi connectivity index (χ2n) is 5.76. The molecule has 0 fully saturated rings. The fourth-order valence-corrected chi connectivity index (χ4v) is 5.35. The first-order valence-corrected chi connectivity index (χ1v) is 11.3. The average Bonchev–Trinajstić information content (AvgIpc) is 2.65. The van der Waals surface area contributed by atoms with Crippen molar-refractivity contribution < 1.29 is 9.85 Å². The molecule has 0 saturated carbocycles. The van der Waals surface area contributed by atoms with Gasteiger partial charge in [0.05, 0.1) is 19.9 Å². The Morgan fingerprint density at radius 3 is 1.64 bits per heavy atom. The average molecular weight is 461 g/mol. The molecular formula is C18H18Cl2N2O4S2. The number of hydrogen-bond donors (Lipinski definition) is 0. The Balaban J connectivity index is 2.96. The highest BCUT2D eigenvalue weighted by Gasteiger charge is 2.32. The molecule has 10 heteroatoms.